The van der Waals surface area contributed by atoms with Crippen LogP contribution in [0.5, 0.6) is 0 Å². The van der Waals surface area contributed by atoms with Crippen molar-refractivity contribution in [2.75, 3.05) is 0 Å². The monoisotopic (exact) mass is 314 g/mol. The molecule has 94 valence electrons. The molecule has 2 aromatic carbocycles. The second-order valence-electron chi connectivity index (χ2n) is 4.36. The minimum atomic E-state index is 0.0209. The Morgan fingerprint density at radius 2 is 1.68 bits per heavy atom. The summed E-state index contributed by atoms with van der Waals surface area (Å²) in [6.45, 7) is 1.80. The van der Waals surface area contributed by atoms with E-state index >= 15 is 0 Å². The van der Waals surface area contributed by atoms with E-state index in [0.717, 1.165) is 10.0 Å². The maximum Gasteiger partial charge on any atom is 0.196 e. The van der Waals surface area contributed by atoms with Crippen LogP contribution in [0.4, 0.5) is 0 Å². The first-order chi connectivity index (χ1) is 9.18. The maximum absolute atomic E-state index is 12.4. The van der Waals surface area contributed by atoms with Gasteiger partial charge >= 0.3 is 0 Å². The van der Waals surface area contributed by atoms with Crippen LogP contribution in [0.2, 0.25) is 0 Å². The Labute approximate surface area is 118 Å². The van der Waals surface area contributed by atoms with Gasteiger partial charge in [-0.25, -0.2) is 0 Å². The Morgan fingerprint density at radius 3 is 2.47 bits per heavy atom. The molecule has 0 N–H and O–H groups in total. The molecule has 0 fully saturated rings. The van der Waals surface area contributed by atoms with Crippen LogP contribution in [0, 0.1) is 6.92 Å². The molecule has 3 heteroatoms. The molecule has 3 rings (SSSR count). The van der Waals surface area contributed by atoms with Gasteiger partial charge in [0.1, 0.15) is 11.3 Å². The lowest BCUT2D eigenvalue weighted by Crippen LogP contribution is -2.07. The fourth-order valence-corrected chi connectivity index (χ4v) is 2.60. The van der Waals surface area contributed by atoms with Gasteiger partial charge in [-0.1, -0.05) is 46.3 Å². The molecule has 0 atom stereocenters. The number of benzene rings is 2. The van der Waals surface area contributed by atoms with E-state index in [0.29, 0.717) is 22.3 Å². The molecule has 0 spiro atoms. The van der Waals surface area contributed by atoms with E-state index in [1.807, 2.05) is 42.5 Å². The summed E-state index contributed by atoms with van der Waals surface area (Å²) in [6.07, 6.45) is 0. The molecular formula is C16H11BrO2. The van der Waals surface area contributed by atoms with E-state index < -0.39 is 0 Å². The van der Waals surface area contributed by atoms with E-state index in [2.05, 4.69) is 15.9 Å². The molecule has 0 unspecified atom stereocenters. The molecule has 0 amide bonds. The molecule has 0 saturated carbocycles. The Hall–Kier alpha value is -1.87. The van der Waals surface area contributed by atoms with Crippen molar-refractivity contribution in [2.24, 2.45) is 0 Å². The van der Waals surface area contributed by atoms with Gasteiger partial charge in [0.05, 0.1) is 5.39 Å². The van der Waals surface area contributed by atoms with Gasteiger partial charge in [-0.3, -0.25) is 4.79 Å². The number of rotatable bonds is 1. The first-order valence-electron chi connectivity index (χ1n) is 5.96. The second-order valence-corrected chi connectivity index (χ2v) is 5.22. The largest absolute Gasteiger partial charge is 0.455 e. The molecule has 0 aliphatic carbocycles. The van der Waals surface area contributed by atoms with Crippen molar-refractivity contribution < 1.29 is 4.42 Å². The number of fused-ring (bicyclic) bond motifs is 1. The average molecular weight is 315 g/mol. The summed E-state index contributed by atoms with van der Waals surface area (Å²) in [4.78, 5) is 12.4. The van der Waals surface area contributed by atoms with E-state index in [1.54, 1.807) is 13.0 Å². The predicted octanol–water partition coefficient (Wildman–Crippen LogP) is 4.53. The molecule has 0 aliphatic heterocycles. The standard InChI is InChI=1S/C16H11BrO2/c1-10-15(18)12-7-3-5-9-14(12)19-16(10)11-6-2-4-8-13(11)17/h2-9H,1H3. The summed E-state index contributed by atoms with van der Waals surface area (Å²) in [5.74, 6) is 0.621. The Balaban J connectivity index is 2.40. The quantitative estimate of drug-likeness (QED) is 0.660. The van der Waals surface area contributed by atoms with Crippen molar-refractivity contribution in [2.45, 2.75) is 6.92 Å². The third-order valence-corrected chi connectivity index (χ3v) is 3.83. The van der Waals surface area contributed by atoms with E-state index in [4.69, 9.17) is 4.42 Å². The minimum Gasteiger partial charge on any atom is -0.455 e. The smallest absolute Gasteiger partial charge is 0.196 e. The van der Waals surface area contributed by atoms with Gasteiger partial charge in [-0.15, -0.1) is 0 Å². The Kier molecular flexibility index (Phi) is 2.99. The number of para-hydroxylation sites is 1. The van der Waals surface area contributed by atoms with Gasteiger partial charge in [0.2, 0.25) is 0 Å². The van der Waals surface area contributed by atoms with Gasteiger partial charge in [0.25, 0.3) is 0 Å². The molecule has 19 heavy (non-hydrogen) atoms. The fourth-order valence-electron chi connectivity index (χ4n) is 2.14. The molecule has 1 aromatic heterocycles. The fraction of sp³-hybridized carbons (Fsp3) is 0.0625. The van der Waals surface area contributed by atoms with Crippen LogP contribution in [0.3, 0.4) is 0 Å². The SMILES string of the molecule is Cc1c(-c2ccccc2Br)oc2ccccc2c1=O. The van der Waals surface area contributed by atoms with Crippen LogP contribution in [-0.2, 0) is 0 Å². The summed E-state index contributed by atoms with van der Waals surface area (Å²) in [5, 5.41) is 0.621. The lowest BCUT2D eigenvalue weighted by atomic mass is 10.1. The van der Waals surface area contributed by atoms with Gasteiger partial charge in [0, 0.05) is 15.6 Å². The molecule has 0 saturated heterocycles. The van der Waals surface area contributed by atoms with Gasteiger partial charge < -0.3 is 4.42 Å². The normalized spacial score (nSPS) is 10.8. The van der Waals surface area contributed by atoms with Crippen molar-refractivity contribution in [1.82, 2.24) is 0 Å². The molecular weight excluding hydrogens is 304 g/mol. The molecule has 2 nitrogen and oxygen atoms in total. The highest BCUT2D eigenvalue weighted by Crippen LogP contribution is 2.31. The van der Waals surface area contributed by atoms with Crippen molar-refractivity contribution in [1.29, 1.82) is 0 Å². The predicted molar refractivity (Wildman–Crippen MR) is 80.4 cm³/mol. The minimum absolute atomic E-state index is 0.0209. The molecule has 0 bridgehead atoms. The van der Waals surface area contributed by atoms with Crippen LogP contribution >= 0.6 is 15.9 Å². The Morgan fingerprint density at radius 1 is 1.00 bits per heavy atom. The van der Waals surface area contributed by atoms with Crippen molar-refractivity contribution in [3.05, 3.63) is 68.8 Å². The van der Waals surface area contributed by atoms with Crippen LogP contribution in [0.25, 0.3) is 22.3 Å². The average Bonchev–Trinajstić information content (AvgIpc) is 2.44. The summed E-state index contributed by atoms with van der Waals surface area (Å²) < 4.78 is 6.82. The van der Waals surface area contributed by atoms with Crippen molar-refractivity contribution >= 4 is 26.9 Å². The van der Waals surface area contributed by atoms with E-state index in [-0.39, 0.29) is 5.43 Å². The van der Waals surface area contributed by atoms with Gasteiger partial charge in [0.15, 0.2) is 5.43 Å². The van der Waals surface area contributed by atoms with Crippen LogP contribution < -0.4 is 5.43 Å². The van der Waals surface area contributed by atoms with Crippen molar-refractivity contribution in [3.63, 3.8) is 0 Å². The zero-order chi connectivity index (χ0) is 13.4. The first kappa shape index (κ1) is 12.2. The third-order valence-electron chi connectivity index (χ3n) is 3.14. The molecule has 1 heterocycles. The van der Waals surface area contributed by atoms with Crippen molar-refractivity contribution in [3.8, 4) is 11.3 Å². The summed E-state index contributed by atoms with van der Waals surface area (Å²) in [5.41, 5.74) is 2.16. The topological polar surface area (TPSA) is 30.2 Å². The van der Waals surface area contributed by atoms with Crippen LogP contribution in [0.1, 0.15) is 5.56 Å². The van der Waals surface area contributed by atoms with E-state index in [1.165, 1.54) is 0 Å². The Bertz CT molecular complexity index is 818. The number of hydrogen-bond acceptors (Lipinski definition) is 2. The van der Waals surface area contributed by atoms with Crippen LogP contribution in [0.15, 0.2) is 62.2 Å². The molecule has 0 radical (unpaired) electrons. The molecule has 3 aromatic rings. The zero-order valence-corrected chi connectivity index (χ0v) is 11.9. The number of halogens is 1. The maximum atomic E-state index is 12.4. The summed E-state index contributed by atoms with van der Waals surface area (Å²) in [7, 11) is 0. The molecule has 0 aliphatic rings. The first-order valence-corrected chi connectivity index (χ1v) is 6.75. The highest BCUT2D eigenvalue weighted by molar-refractivity contribution is 9.10. The van der Waals surface area contributed by atoms with Gasteiger partial charge in [-0.05, 0) is 25.1 Å². The lowest BCUT2D eigenvalue weighted by Gasteiger charge is -2.08. The number of hydrogen-bond donors (Lipinski definition) is 0. The van der Waals surface area contributed by atoms with Gasteiger partial charge in [-0.2, -0.15) is 0 Å². The summed E-state index contributed by atoms with van der Waals surface area (Å²) >= 11 is 3.49. The van der Waals surface area contributed by atoms with E-state index in [9.17, 15) is 4.79 Å². The second kappa shape index (κ2) is 4.67. The summed E-state index contributed by atoms with van der Waals surface area (Å²) in [6, 6.07) is 15.0. The lowest BCUT2D eigenvalue weighted by molar-refractivity contribution is 0.613. The highest BCUT2D eigenvalue weighted by atomic mass is 79.9. The third kappa shape index (κ3) is 2.00. The highest BCUT2D eigenvalue weighted by Gasteiger charge is 2.13. The van der Waals surface area contributed by atoms with Crippen LogP contribution in [-0.4, -0.2) is 0 Å². The zero-order valence-electron chi connectivity index (χ0n) is 10.3.